The molecule has 0 bridgehead atoms. The maximum atomic E-state index is 13.5. The number of thiophene rings is 1. The number of carboxylic acids is 2. The Morgan fingerprint density at radius 2 is 1.75 bits per heavy atom. The van der Waals surface area contributed by atoms with E-state index >= 15 is 0 Å². The summed E-state index contributed by atoms with van der Waals surface area (Å²) in [7, 11) is 0. The predicted octanol–water partition coefficient (Wildman–Crippen LogP) is 6.71. The van der Waals surface area contributed by atoms with Crippen LogP contribution in [0.4, 0.5) is 16.2 Å². The van der Waals surface area contributed by atoms with E-state index in [-0.39, 0.29) is 22.7 Å². The molecule has 0 unspecified atom stereocenters. The second-order valence-corrected chi connectivity index (χ2v) is 10.2. The number of benzene rings is 2. The van der Waals surface area contributed by atoms with E-state index < -0.39 is 18.5 Å². The van der Waals surface area contributed by atoms with Gasteiger partial charge in [-0.25, -0.2) is 14.4 Å². The number of aromatic carboxylic acids is 1. The van der Waals surface area contributed by atoms with Gasteiger partial charge in [0.05, 0.1) is 9.35 Å². The minimum absolute atomic E-state index is 0.0266. The fourth-order valence-corrected chi connectivity index (χ4v) is 6.21. The van der Waals surface area contributed by atoms with Gasteiger partial charge >= 0.3 is 18.0 Å². The van der Waals surface area contributed by atoms with Gasteiger partial charge in [0.15, 0.2) is 17.2 Å². The number of anilines is 2. The Bertz CT molecular complexity index is 1260. The fourth-order valence-electron chi connectivity index (χ4n) is 4.32. The number of hydrogen-bond donors (Lipinski definition) is 3. The molecule has 8 nitrogen and oxygen atoms in total. The molecule has 36 heavy (non-hydrogen) atoms. The van der Waals surface area contributed by atoms with Crippen LogP contribution in [0.1, 0.15) is 41.8 Å². The van der Waals surface area contributed by atoms with Crippen molar-refractivity contribution in [3.05, 3.63) is 63.9 Å². The molecule has 3 N–H and O–H groups in total. The van der Waals surface area contributed by atoms with Gasteiger partial charge in [0, 0.05) is 17.4 Å². The molecular formula is C26H25BrN2O6S. The molecule has 0 atom stereocenters. The first-order valence-corrected chi connectivity index (χ1v) is 13.1. The zero-order valence-corrected chi connectivity index (χ0v) is 21.7. The highest BCUT2D eigenvalue weighted by molar-refractivity contribution is 9.10. The fraction of sp³-hybridized carbons (Fsp3) is 0.269. The Kier molecular flexibility index (Phi) is 8.27. The quantitative estimate of drug-likeness (QED) is 0.276. The van der Waals surface area contributed by atoms with Crippen LogP contribution < -0.4 is 15.0 Å². The van der Waals surface area contributed by atoms with Crippen LogP contribution in [0, 0.1) is 0 Å². The first-order chi connectivity index (χ1) is 17.3. The Balaban J connectivity index is 1.71. The first-order valence-electron chi connectivity index (χ1n) is 11.5. The molecule has 0 radical (unpaired) electrons. The number of carbonyl (C=O) groups excluding carboxylic acids is 1. The van der Waals surface area contributed by atoms with Crippen molar-refractivity contribution in [1.82, 2.24) is 0 Å². The number of ether oxygens (including phenoxy) is 1. The average molecular weight is 573 g/mol. The molecule has 1 aliphatic rings. The van der Waals surface area contributed by atoms with Crippen LogP contribution in [0.5, 0.6) is 5.75 Å². The Morgan fingerprint density at radius 3 is 2.42 bits per heavy atom. The van der Waals surface area contributed by atoms with Crippen molar-refractivity contribution >= 4 is 56.6 Å². The molecule has 188 valence electrons. The molecule has 3 aromatic rings. The van der Waals surface area contributed by atoms with Gasteiger partial charge in [-0.15, -0.1) is 11.3 Å². The van der Waals surface area contributed by atoms with E-state index in [4.69, 9.17) is 9.84 Å². The predicted molar refractivity (Wildman–Crippen MR) is 142 cm³/mol. The van der Waals surface area contributed by atoms with Crippen LogP contribution in [-0.2, 0) is 4.79 Å². The molecule has 0 saturated heterocycles. The van der Waals surface area contributed by atoms with Crippen molar-refractivity contribution in [1.29, 1.82) is 0 Å². The number of carbonyl (C=O) groups is 3. The maximum absolute atomic E-state index is 13.5. The summed E-state index contributed by atoms with van der Waals surface area (Å²) in [6, 6.07) is 16.4. The van der Waals surface area contributed by atoms with E-state index in [9.17, 15) is 19.5 Å². The molecule has 1 saturated carbocycles. The minimum atomic E-state index is -1.21. The number of nitrogens with one attached hydrogen (secondary N) is 1. The molecule has 2 aromatic carbocycles. The van der Waals surface area contributed by atoms with Gasteiger partial charge < -0.3 is 20.3 Å². The van der Waals surface area contributed by atoms with Crippen molar-refractivity contribution < 1.29 is 29.3 Å². The normalized spacial score (nSPS) is 13.7. The van der Waals surface area contributed by atoms with Crippen LogP contribution in [0.2, 0.25) is 0 Å². The first kappa shape index (κ1) is 25.7. The summed E-state index contributed by atoms with van der Waals surface area (Å²) >= 11 is 4.39. The van der Waals surface area contributed by atoms with Gasteiger partial charge in [-0.1, -0.05) is 49.6 Å². The SMILES string of the molecule is O=C(O)COc1c(C(=O)O)sc(-c2cccc(N(C(=O)Nc3ccccc3)C3CCCCC3)c2)c1Br. The second-order valence-electron chi connectivity index (χ2n) is 8.40. The average Bonchev–Trinajstić information content (AvgIpc) is 3.21. The Morgan fingerprint density at radius 1 is 1.03 bits per heavy atom. The van der Waals surface area contributed by atoms with Gasteiger partial charge in [0.2, 0.25) is 0 Å². The van der Waals surface area contributed by atoms with E-state index in [2.05, 4.69) is 21.2 Å². The lowest BCUT2D eigenvalue weighted by atomic mass is 9.93. The van der Waals surface area contributed by atoms with Crippen molar-refractivity contribution in [3.63, 3.8) is 0 Å². The number of aliphatic carboxylic acids is 1. The van der Waals surface area contributed by atoms with Crippen molar-refractivity contribution in [2.45, 2.75) is 38.1 Å². The third-order valence-corrected chi connectivity index (χ3v) is 8.14. The molecule has 1 heterocycles. The van der Waals surface area contributed by atoms with E-state index in [1.54, 1.807) is 4.90 Å². The Labute approximate surface area is 220 Å². The maximum Gasteiger partial charge on any atom is 0.349 e. The molecular weight excluding hydrogens is 548 g/mol. The highest BCUT2D eigenvalue weighted by Crippen LogP contribution is 2.46. The number of para-hydroxylation sites is 1. The molecule has 2 amide bonds. The number of urea groups is 1. The summed E-state index contributed by atoms with van der Waals surface area (Å²) in [6.07, 6.45) is 5.02. The number of nitrogens with zero attached hydrogens (tertiary/aromatic N) is 1. The summed E-state index contributed by atoms with van der Waals surface area (Å²) in [5, 5.41) is 21.6. The second kappa shape index (κ2) is 11.6. The summed E-state index contributed by atoms with van der Waals surface area (Å²) in [5.41, 5.74) is 2.08. The zero-order chi connectivity index (χ0) is 25.7. The van der Waals surface area contributed by atoms with Gasteiger partial charge in [-0.05, 0) is 58.6 Å². The molecule has 10 heteroatoms. The van der Waals surface area contributed by atoms with E-state index in [0.29, 0.717) is 26.3 Å². The smallest absolute Gasteiger partial charge is 0.349 e. The van der Waals surface area contributed by atoms with Crippen LogP contribution in [-0.4, -0.2) is 40.8 Å². The van der Waals surface area contributed by atoms with Gasteiger partial charge in [-0.2, -0.15) is 0 Å². The highest BCUT2D eigenvalue weighted by atomic mass is 79.9. The molecule has 0 aliphatic heterocycles. The molecule has 1 aliphatic carbocycles. The number of hydrogen-bond acceptors (Lipinski definition) is 5. The van der Waals surface area contributed by atoms with Crippen molar-refractivity contribution in [3.8, 4) is 16.2 Å². The summed E-state index contributed by atoms with van der Waals surface area (Å²) < 4.78 is 5.64. The van der Waals surface area contributed by atoms with E-state index in [1.165, 1.54) is 0 Å². The highest BCUT2D eigenvalue weighted by Gasteiger charge is 2.29. The lowest BCUT2D eigenvalue weighted by Crippen LogP contribution is -2.44. The molecule has 0 spiro atoms. The van der Waals surface area contributed by atoms with Gasteiger partial charge in [0.1, 0.15) is 0 Å². The number of carboxylic acid groups (broad SMARTS) is 2. The van der Waals surface area contributed by atoms with Crippen LogP contribution in [0.3, 0.4) is 0 Å². The minimum Gasteiger partial charge on any atom is -0.479 e. The standard InChI is InChI=1S/C26H25BrN2O6S/c27-21-22(35-15-20(30)31)24(25(32)33)36-23(21)16-8-7-13-19(14-16)29(18-11-5-2-6-12-18)26(34)28-17-9-3-1-4-10-17/h1,3-4,7-10,13-14,18H,2,5-6,11-12,15H2,(H,28,34)(H,30,31)(H,32,33). The number of amides is 2. The van der Waals surface area contributed by atoms with E-state index in [1.807, 2.05) is 54.6 Å². The topological polar surface area (TPSA) is 116 Å². The number of halogens is 1. The zero-order valence-electron chi connectivity index (χ0n) is 19.3. The lowest BCUT2D eigenvalue weighted by molar-refractivity contribution is -0.139. The van der Waals surface area contributed by atoms with Crippen LogP contribution in [0.25, 0.3) is 10.4 Å². The molecule has 1 aromatic heterocycles. The van der Waals surface area contributed by atoms with Crippen LogP contribution in [0.15, 0.2) is 59.1 Å². The summed E-state index contributed by atoms with van der Waals surface area (Å²) in [5.74, 6) is -2.45. The van der Waals surface area contributed by atoms with Crippen molar-refractivity contribution in [2.75, 3.05) is 16.8 Å². The number of rotatable bonds is 8. The monoisotopic (exact) mass is 572 g/mol. The van der Waals surface area contributed by atoms with Gasteiger partial charge in [0.25, 0.3) is 0 Å². The third-order valence-electron chi connectivity index (χ3n) is 5.91. The van der Waals surface area contributed by atoms with Crippen LogP contribution >= 0.6 is 27.3 Å². The summed E-state index contributed by atoms with van der Waals surface area (Å²) in [6.45, 7) is -0.662. The molecule has 4 rings (SSSR count). The summed E-state index contributed by atoms with van der Waals surface area (Å²) in [4.78, 5) is 38.5. The third kappa shape index (κ3) is 5.88. The van der Waals surface area contributed by atoms with Crippen molar-refractivity contribution in [2.24, 2.45) is 0 Å². The van der Waals surface area contributed by atoms with E-state index in [0.717, 1.165) is 43.4 Å². The van der Waals surface area contributed by atoms with Gasteiger partial charge in [-0.3, -0.25) is 4.90 Å². The molecule has 1 fully saturated rings. The largest absolute Gasteiger partial charge is 0.479 e. The Hall–Kier alpha value is -3.37. The lowest BCUT2D eigenvalue weighted by Gasteiger charge is -2.34.